The zero-order valence-electron chi connectivity index (χ0n) is 12.5. The first-order valence-electron chi connectivity index (χ1n) is 7.54. The van der Waals surface area contributed by atoms with Crippen LogP contribution >= 0.6 is 0 Å². The summed E-state index contributed by atoms with van der Waals surface area (Å²) in [5, 5.41) is 0. The van der Waals surface area contributed by atoms with Crippen molar-refractivity contribution in [2.45, 2.75) is 31.8 Å². The Morgan fingerprint density at radius 3 is 2.76 bits per heavy atom. The number of rotatable bonds is 7. The molecule has 2 N–H and O–H groups in total. The van der Waals surface area contributed by atoms with Crippen LogP contribution in [0, 0.1) is 5.41 Å². The van der Waals surface area contributed by atoms with Crippen molar-refractivity contribution in [3.05, 3.63) is 54.1 Å². The third kappa shape index (κ3) is 3.17. The van der Waals surface area contributed by atoms with E-state index in [1.807, 2.05) is 30.7 Å². The van der Waals surface area contributed by atoms with Gasteiger partial charge < -0.3 is 15.0 Å². The predicted molar refractivity (Wildman–Crippen MR) is 82.9 cm³/mol. The van der Waals surface area contributed by atoms with Gasteiger partial charge >= 0.3 is 0 Å². The van der Waals surface area contributed by atoms with Gasteiger partial charge in [0.2, 0.25) is 0 Å². The molecule has 1 aromatic carbocycles. The Balaban J connectivity index is 1.75. The molecule has 0 spiro atoms. The summed E-state index contributed by atoms with van der Waals surface area (Å²) in [4.78, 5) is 4.31. The summed E-state index contributed by atoms with van der Waals surface area (Å²) in [6.07, 6.45) is 7.46. The fourth-order valence-corrected chi connectivity index (χ4v) is 2.90. The standard InChI is InChI=1S/C17H23N3O/c1-21-10-9-17(7-8-17)12-20-13-19-11-15(20)16(18)14-5-3-2-4-6-14/h2-6,11,13,16H,7-10,12,18H2,1H3. The first-order valence-corrected chi connectivity index (χ1v) is 7.54. The molecule has 4 heteroatoms. The molecule has 0 aliphatic heterocycles. The summed E-state index contributed by atoms with van der Waals surface area (Å²) in [6, 6.07) is 10.1. The van der Waals surface area contributed by atoms with Gasteiger partial charge in [-0.05, 0) is 30.2 Å². The van der Waals surface area contributed by atoms with Crippen LogP contribution in [0.5, 0.6) is 0 Å². The van der Waals surface area contributed by atoms with Gasteiger partial charge in [-0.2, -0.15) is 0 Å². The van der Waals surface area contributed by atoms with Gasteiger partial charge in [-0.3, -0.25) is 0 Å². The van der Waals surface area contributed by atoms with E-state index in [1.54, 1.807) is 7.11 Å². The van der Waals surface area contributed by atoms with Gasteiger partial charge in [-0.15, -0.1) is 0 Å². The summed E-state index contributed by atoms with van der Waals surface area (Å²) in [6.45, 7) is 1.82. The number of nitrogens with two attached hydrogens (primary N) is 1. The maximum absolute atomic E-state index is 6.42. The van der Waals surface area contributed by atoms with Crippen molar-refractivity contribution in [1.82, 2.24) is 9.55 Å². The zero-order chi connectivity index (χ0) is 14.7. The maximum Gasteiger partial charge on any atom is 0.0948 e. The molecule has 4 nitrogen and oxygen atoms in total. The highest BCUT2D eigenvalue weighted by atomic mass is 16.5. The molecule has 1 aliphatic carbocycles. The fraction of sp³-hybridized carbons (Fsp3) is 0.471. The van der Waals surface area contributed by atoms with Crippen LogP contribution in [0.15, 0.2) is 42.9 Å². The van der Waals surface area contributed by atoms with Crippen LogP contribution in [-0.2, 0) is 11.3 Å². The number of hydrogen-bond acceptors (Lipinski definition) is 3. The molecular formula is C17H23N3O. The Labute approximate surface area is 125 Å². The second-order valence-electron chi connectivity index (χ2n) is 6.08. The highest BCUT2D eigenvalue weighted by molar-refractivity contribution is 5.26. The number of benzene rings is 1. The van der Waals surface area contributed by atoms with Crippen molar-refractivity contribution in [3.63, 3.8) is 0 Å². The summed E-state index contributed by atoms with van der Waals surface area (Å²) < 4.78 is 7.46. The van der Waals surface area contributed by atoms with Crippen LogP contribution in [0.4, 0.5) is 0 Å². The maximum atomic E-state index is 6.42. The van der Waals surface area contributed by atoms with E-state index in [0.717, 1.165) is 30.8 Å². The Bertz CT molecular complexity index is 575. The van der Waals surface area contributed by atoms with Crippen molar-refractivity contribution in [1.29, 1.82) is 0 Å². The van der Waals surface area contributed by atoms with E-state index < -0.39 is 0 Å². The van der Waals surface area contributed by atoms with Crippen LogP contribution in [0.3, 0.4) is 0 Å². The van der Waals surface area contributed by atoms with E-state index in [0.29, 0.717) is 5.41 Å². The Kier molecular flexibility index (Phi) is 4.08. The lowest BCUT2D eigenvalue weighted by atomic mass is 10.0. The predicted octanol–water partition coefficient (Wildman–Crippen LogP) is 2.75. The average Bonchev–Trinajstić information content (AvgIpc) is 3.13. The topological polar surface area (TPSA) is 53.1 Å². The Hall–Kier alpha value is -1.65. The summed E-state index contributed by atoms with van der Waals surface area (Å²) in [5.41, 5.74) is 9.02. The number of imidazole rings is 1. The summed E-state index contributed by atoms with van der Waals surface area (Å²) in [7, 11) is 1.77. The van der Waals surface area contributed by atoms with Gasteiger partial charge in [-0.1, -0.05) is 30.3 Å². The largest absolute Gasteiger partial charge is 0.385 e. The summed E-state index contributed by atoms with van der Waals surface area (Å²) >= 11 is 0. The van der Waals surface area contributed by atoms with E-state index in [2.05, 4.69) is 21.7 Å². The minimum atomic E-state index is -0.119. The lowest BCUT2D eigenvalue weighted by Gasteiger charge is -2.20. The van der Waals surface area contributed by atoms with Gasteiger partial charge in [-0.25, -0.2) is 4.98 Å². The van der Waals surface area contributed by atoms with Crippen molar-refractivity contribution in [2.75, 3.05) is 13.7 Å². The molecule has 1 aromatic heterocycles. The Morgan fingerprint density at radius 2 is 2.10 bits per heavy atom. The van der Waals surface area contributed by atoms with Gasteiger partial charge in [0, 0.05) is 20.3 Å². The second-order valence-corrected chi connectivity index (χ2v) is 6.08. The number of ether oxygens (including phenoxy) is 1. The van der Waals surface area contributed by atoms with E-state index in [9.17, 15) is 0 Å². The Morgan fingerprint density at radius 1 is 1.33 bits per heavy atom. The van der Waals surface area contributed by atoms with Crippen molar-refractivity contribution in [3.8, 4) is 0 Å². The van der Waals surface area contributed by atoms with Crippen LogP contribution in [0.1, 0.15) is 36.6 Å². The van der Waals surface area contributed by atoms with Crippen molar-refractivity contribution < 1.29 is 4.74 Å². The quantitative estimate of drug-likeness (QED) is 0.851. The van der Waals surface area contributed by atoms with E-state index in [4.69, 9.17) is 10.5 Å². The molecule has 1 aliphatic rings. The molecule has 112 valence electrons. The molecule has 2 aromatic rings. The van der Waals surface area contributed by atoms with Crippen LogP contribution in [0.25, 0.3) is 0 Å². The number of hydrogen-bond donors (Lipinski definition) is 1. The molecule has 21 heavy (non-hydrogen) atoms. The smallest absolute Gasteiger partial charge is 0.0948 e. The monoisotopic (exact) mass is 285 g/mol. The van der Waals surface area contributed by atoms with Gasteiger partial charge in [0.1, 0.15) is 0 Å². The van der Waals surface area contributed by atoms with E-state index in [1.165, 1.54) is 12.8 Å². The average molecular weight is 285 g/mol. The van der Waals surface area contributed by atoms with Gasteiger partial charge in [0.15, 0.2) is 0 Å². The highest BCUT2D eigenvalue weighted by Gasteiger charge is 2.42. The SMILES string of the molecule is COCCC1(Cn2cncc2C(N)c2ccccc2)CC1. The molecule has 1 heterocycles. The zero-order valence-corrected chi connectivity index (χ0v) is 12.5. The minimum absolute atomic E-state index is 0.119. The lowest BCUT2D eigenvalue weighted by molar-refractivity contribution is 0.166. The van der Waals surface area contributed by atoms with E-state index in [-0.39, 0.29) is 6.04 Å². The minimum Gasteiger partial charge on any atom is -0.385 e. The fourth-order valence-electron chi connectivity index (χ4n) is 2.90. The second kappa shape index (κ2) is 6.00. The van der Waals surface area contributed by atoms with Gasteiger partial charge in [0.25, 0.3) is 0 Å². The third-order valence-electron chi connectivity index (χ3n) is 4.52. The van der Waals surface area contributed by atoms with Crippen molar-refractivity contribution in [2.24, 2.45) is 11.1 Å². The molecule has 1 atom stereocenters. The first-order chi connectivity index (χ1) is 10.2. The molecular weight excluding hydrogens is 262 g/mol. The third-order valence-corrected chi connectivity index (χ3v) is 4.52. The van der Waals surface area contributed by atoms with E-state index >= 15 is 0 Å². The van der Waals surface area contributed by atoms with Crippen LogP contribution in [0.2, 0.25) is 0 Å². The lowest BCUT2D eigenvalue weighted by Crippen LogP contribution is -2.20. The molecule has 0 saturated heterocycles. The first kappa shape index (κ1) is 14.3. The molecule has 0 amide bonds. The molecule has 1 unspecified atom stereocenters. The van der Waals surface area contributed by atoms with Crippen LogP contribution in [-0.4, -0.2) is 23.3 Å². The van der Waals surface area contributed by atoms with Crippen LogP contribution < -0.4 is 5.73 Å². The number of nitrogens with zero attached hydrogens (tertiary/aromatic N) is 2. The molecule has 3 rings (SSSR count). The van der Waals surface area contributed by atoms with Gasteiger partial charge in [0.05, 0.1) is 24.3 Å². The normalized spacial score (nSPS) is 17.6. The molecule has 0 bridgehead atoms. The number of aromatic nitrogens is 2. The molecule has 1 fully saturated rings. The van der Waals surface area contributed by atoms with Crippen molar-refractivity contribution >= 4 is 0 Å². The number of methoxy groups -OCH3 is 1. The summed E-state index contributed by atoms with van der Waals surface area (Å²) in [5.74, 6) is 0. The highest BCUT2D eigenvalue weighted by Crippen LogP contribution is 2.50. The molecule has 0 radical (unpaired) electrons. The molecule has 1 saturated carbocycles.